The molecule has 2 aromatic heterocycles. The predicted octanol–water partition coefficient (Wildman–Crippen LogP) is 2.53. The van der Waals surface area contributed by atoms with Crippen molar-refractivity contribution in [3.8, 4) is 23.1 Å². The van der Waals surface area contributed by atoms with Crippen LogP contribution in [0.1, 0.15) is 21.5 Å². The van der Waals surface area contributed by atoms with Gasteiger partial charge in [-0.1, -0.05) is 24.0 Å². The van der Waals surface area contributed by atoms with Crippen LogP contribution in [0.5, 0.6) is 0 Å². The molecule has 7 nitrogen and oxygen atoms in total. The Labute approximate surface area is 186 Å². The van der Waals surface area contributed by atoms with E-state index in [1.54, 1.807) is 24.5 Å². The van der Waals surface area contributed by atoms with Crippen molar-refractivity contribution in [2.45, 2.75) is 6.10 Å². The van der Waals surface area contributed by atoms with E-state index in [0.717, 1.165) is 16.7 Å². The molecule has 4 rings (SSSR count). The minimum absolute atomic E-state index is 0.0679. The van der Waals surface area contributed by atoms with Crippen molar-refractivity contribution < 1.29 is 19.4 Å². The van der Waals surface area contributed by atoms with Gasteiger partial charge in [-0.2, -0.15) is 0 Å². The number of carbonyl (C=O) groups is 1. The number of nitrogens with zero attached hydrogens (tertiary/aromatic N) is 3. The fraction of sp³-hybridized carbons (Fsp3) is 0.240. The summed E-state index contributed by atoms with van der Waals surface area (Å²) in [6.07, 6.45) is 3.15. The molecular weight excluding hydrogens is 406 g/mol. The Hall–Kier alpha value is -3.73. The quantitative estimate of drug-likeness (QED) is 0.504. The Kier molecular flexibility index (Phi) is 6.75. The van der Waals surface area contributed by atoms with E-state index in [1.165, 1.54) is 7.11 Å². The van der Waals surface area contributed by atoms with Gasteiger partial charge in [0.1, 0.15) is 5.82 Å². The lowest BCUT2D eigenvalue weighted by Gasteiger charge is -2.33. The lowest BCUT2D eigenvalue weighted by molar-refractivity contribution is 0.00336. The van der Waals surface area contributed by atoms with E-state index in [4.69, 9.17) is 14.5 Å². The van der Waals surface area contributed by atoms with Gasteiger partial charge in [-0.05, 0) is 36.4 Å². The first kappa shape index (κ1) is 21.5. The van der Waals surface area contributed by atoms with Crippen LogP contribution in [0.15, 0.2) is 60.9 Å². The number of methoxy groups -OCH3 is 1. The second-order valence-electron chi connectivity index (χ2n) is 7.28. The highest BCUT2D eigenvalue weighted by Crippen LogP contribution is 2.25. The van der Waals surface area contributed by atoms with E-state index in [1.807, 2.05) is 41.3 Å². The van der Waals surface area contributed by atoms with Crippen molar-refractivity contribution in [2.24, 2.45) is 0 Å². The van der Waals surface area contributed by atoms with Gasteiger partial charge in [0.2, 0.25) is 0 Å². The Bertz CT molecular complexity index is 1140. The van der Waals surface area contributed by atoms with Crippen LogP contribution in [0.2, 0.25) is 0 Å². The van der Waals surface area contributed by atoms with Crippen molar-refractivity contribution in [1.29, 1.82) is 0 Å². The molecule has 1 unspecified atom stereocenters. The number of anilines is 1. The van der Waals surface area contributed by atoms with Gasteiger partial charge in [-0.25, -0.2) is 9.78 Å². The molecule has 1 atom stereocenters. The molecule has 7 heteroatoms. The molecule has 1 N–H and O–H groups in total. The maximum atomic E-state index is 12.3. The molecule has 3 heterocycles. The molecular formula is C25H23N3O4. The smallest absolute Gasteiger partial charge is 0.338 e. The molecule has 0 radical (unpaired) electrons. The summed E-state index contributed by atoms with van der Waals surface area (Å²) in [5, 5.41) is 9.45. The molecule has 0 saturated carbocycles. The lowest BCUT2D eigenvalue weighted by atomic mass is 10.1. The zero-order valence-corrected chi connectivity index (χ0v) is 17.7. The summed E-state index contributed by atoms with van der Waals surface area (Å²) < 4.78 is 10.5. The van der Waals surface area contributed by atoms with Gasteiger partial charge >= 0.3 is 5.97 Å². The summed E-state index contributed by atoms with van der Waals surface area (Å²) in [6, 6.07) is 14.9. The van der Waals surface area contributed by atoms with Crippen molar-refractivity contribution in [2.75, 3.05) is 38.3 Å². The van der Waals surface area contributed by atoms with Gasteiger partial charge < -0.3 is 19.5 Å². The number of carbonyl (C=O) groups excluding carboxylic acids is 1. The Morgan fingerprint density at radius 3 is 2.75 bits per heavy atom. The van der Waals surface area contributed by atoms with Crippen LogP contribution >= 0.6 is 0 Å². The third kappa shape index (κ3) is 5.11. The van der Waals surface area contributed by atoms with Crippen molar-refractivity contribution in [1.82, 2.24) is 9.97 Å². The number of benzene rings is 1. The van der Waals surface area contributed by atoms with Crippen molar-refractivity contribution in [3.63, 3.8) is 0 Å². The highest BCUT2D eigenvalue weighted by Gasteiger charge is 2.22. The number of pyridine rings is 2. The zero-order chi connectivity index (χ0) is 22.3. The topological polar surface area (TPSA) is 84.8 Å². The summed E-state index contributed by atoms with van der Waals surface area (Å²) in [6.45, 7) is 1.53. The maximum absolute atomic E-state index is 12.3. The van der Waals surface area contributed by atoms with Crippen LogP contribution in [0.25, 0.3) is 11.3 Å². The first-order valence-corrected chi connectivity index (χ1v) is 10.3. The highest BCUT2D eigenvalue weighted by atomic mass is 16.5. The zero-order valence-electron chi connectivity index (χ0n) is 17.7. The molecule has 0 bridgehead atoms. The number of esters is 1. The summed E-state index contributed by atoms with van der Waals surface area (Å²) in [5.41, 5.74) is 3.64. The number of morpholine rings is 1. The van der Waals surface area contributed by atoms with Gasteiger partial charge in [0.15, 0.2) is 0 Å². The van der Waals surface area contributed by atoms with Crippen LogP contribution in [-0.4, -0.2) is 60.6 Å². The minimum Gasteiger partial charge on any atom is -0.465 e. The normalized spacial score (nSPS) is 15.6. The van der Waals surface area contributed by atoms with E-state index in [0.29, 0.717) is 36.8 Å². The second kappa shape index (κ2) is 10.1. The van der Waals surface area contributed by atoms with Gasteiger partial charge in [0, 0.05) is 42.2 Å². The van der Waals surface area contributed by atoms with E-state index < -0.39 is 5.97 Å². The van der Waals surface area contributed by atoms with Crippen molar-refractivity contribution >= 4 is 11.8 Å². The SMILES string of the molecule is COC(=O)c1cc(-c2ccc(C#Cc3cccnc3)cc2)nc(N2CCOC(CO)C2)c1. The first-order chi connectivity index (χ1) is 15.7. The fourth-order valence-electron chi connectivity index (χ4n) is 3.40. The highest BCUT2D eigenvalue weighted by molar-refractivity contribution is 5.91. The molecule has 0 amide bonds. The summed E-state index contributed by atoms with van der Waals surface area (Å²) >= 11 is 0. The van der Waals surface area contributed by atoms with E-state index in [2.05, 4.69) is 16.8 Å². The molecule has 0 aliphatic carbocycles. The molecule has 1 saturated heterocycles. The molecule has 0 spiro atoms. The van der Waals surface area contributed by atoms with E-state index in [-0.39, 0.29) is 12.7 Å². The molecule has 32 heavy (non-hydrogen) atoms. The van der Waals surface area contributed by atoms with Crippen molar-refractivity contribution in [3.05, 3.63) is 77.6 Å². The summed E-state index contributed by atoms with van der Waals surface area (Å²) in [7, 11) is 1.36. The molecule has 1 fully saturated rings. The molecule has 162 valence electrons. The average molecular weight is 429 g/mol. The van der Waals surface area contributed by atoms with Crippen LogP contribution < -0.4 is 4.90 Å². The van der Waals surface area contributed by atoms with Crippen LogP contribution in [0, 0.1) is 11.8 Å². The number of rotatable bonds is 4. The summed E-state index contributed by atoms with van der Waals surface area (Å²) in [5.74, 6) is 6.42. The number of hydrogen-bond donors (Lipinski definition) is 1. The predicted molar refractivity (Wildman–Crippen MR) is 120 cm³/mol. The Morgan fingerprint density at radius 1 is 1.22 bits per heavy atom. The number of aliphatic hydroxyl groups excluding tert-OH is 1. The first-order valence-electron chi connectivity index (χ1n) is 10.3. The minimum atomic E-state index is -0.430. The fourth-order valence-corrected chi connectivity index (χ4v) is 3.40. The van der Waals surface area contributed by atoms with Gasteiger partial charge in [0.25, 0.3) is 0 Å². The second-order valence-corrected chi connectivity index (χ2v) is 7.28. The van der Waals surface area contributed by atoms with Gasteiger partial charge in [-0.3, -0.25) is 4.98 Å². The number of hydrogen-bond acceptors (Lipinski definition) is 7. The van der Waals surface area contributed by atoms with E-state index in [9.17, 15) is 9.90 Å². The van der Waals surface area contributed by atoms with Crippen LogP contribution in [0.3, 0.4) is 0 Å². The summed E-state index contributed by atoms with van der Waals surface area (Å²) in [4.78, 5) is 23.1. The maximum Gasteiger partial charge on any atom is 0.338 e. The average Bonchev–Trinajstić information content (AvgIpc) is 2.87. The van der Waals surface area contributed by atoms with Crippen LogP contribution in [0.4, 0.5) is 5.82 Å². The molecule has 1 aliphatic rings. The van der Waals surface area contributed by atoms with Gasteiger partial charge in [0.05, 0.1) is 37.7 Å². The third-order valence-electron chi connectivity index (χ3n) is 5.09. The Morgan fingerprint density at radius 2 is 2.03 bits per heavy atom. The number of aliphatic hydroxyl groups is 1. The number of aromatic nitrogens is 2. The Balaban J connectivity index is 1.63. The molecule has 1 aliphatic heterocycles. The standard InChI is InChI=1S/C25H23N3O4/c1-31-25(30)21-13-23(27-24(14-21)28-11-12-32-22(16-28)17-29)20-8-6-18(7-9-20)4-5-19-3-2-10-26-15-19/h2-3,6-10,13-15,22,29H,11-12,16-17H2,1H3. The largest absolute Gasteiger partial charge is 0.465 e. The van der Waals surface area contributed by atoms with Crippen LogP contribution in [-0.2, 0) is 9.47 Å². The van der Waals surface area contributed by atoms with Gasteiger partial charge in [-0.15, -0.1) is 0 Å². The lowest BCUT2D eigenvalue weighted by Crippen LogP contribution is -2.44. The molecule has 1 aromatic carbocycles. The third-order valence-corrected chi connectivity index (χ3v) is 5.09. The monoisotopic (exact) mass is 429 g/mol. The number of ether oxygens (including phenoxy) is 2. The molecule has 3 aromatic rings. The van der Waals surface area contributed by atoms with E-state index >= 15 is 0 Å².